The van der Waals surface area contributed by atoms with Crippen LogP contribution in [0.1, 0.15) is 36.0 Å². The van der Waals surface area contributed by atoms with E-state index in [0.717, 1.165) is 11.8 Å². The van der Waals surface area contributed by atoms with Gasteiger partial charge in [-0.3, -0.25) is 14.9 Å². The number of nitro groups is 1. The van der Waals surface area contributed by atoms with Gasteiger partial charge in [-0.2, -0.15) is 0 Å². The van der Waals surface area contributed by atoms with Gasteiger partial charge < -0.3 is 11.1 Å². The van der Waals surface area contributed by atoms with E-state index >= 15 is 0 Å². The number of amides is 1. The zero-order chi connectivity index (χ0) is 15.0. The zero-order valence-electron chi connectivity index (χ0n) is 11.7. The maximum Gasteiger partial charge on any atom is 0.292 e. The fraction of sp³-hybridized carbons (Fsp3) is 0.533. The van der Waals surface area contributed by atoms with Gasteiger partial charge in [0.2, 0.25) is 0 Å². The molecule has 1 amide bonds. The number of nitrogens with zero attached hydrogens (tertiary/aromatic N) is 1. The smallest absolute Gasteiger partial charge is 0.292 e. The molecule has 2 aliphatic rings. The Kier molecular flexibility index (Phi) is 3.53. The number of nitrogens with one attached hydrogen (secondary N) is 1. The van der Waals surface area contributed by atoms with E-state index in [9.17, 15) is 14.9 Å². The number of carbonyl (C=O) groups excluding carboxylic acids is 1. The van der Waals surface area contributed by atoms with Crippen LogP contribution in [0.5, 0.6) is 0 Å². The number of benzene rings is 1. The van der Waals surface area contributed by atoms with Gasteiger partial charge in [-0.15, -0.1) is 0 Å². The molecule has 3 N–H and O–H groups in total. The fourth-order valence-electron chi connectivity index (χ4n) is 2.94. The molecule has 21 heavy (non-hydrogen) atoms. The summed E-state index contributed by atoms with van der Waals surface area (Å²) < 4.78 is 0. The van der Waals surface area contributed by atoms with Crippen LogP contribution in [0.2, 0.25) is 0 Å². The molecule has 2 aliphatic carbocycles. The Bertz CT molecular complexity index is 568. The van der Waals surface area contributed by atoms with Gasteiger partial charge in [0, 0.05) is 18.2 Å². The lowest BCUT2D eigenvalue weighted by atomic mass is 9.98. The standard InChI is InChI=1S/C15H19N3O3/c16-13-7-11(5-6-14(13)18(20)21)15(19)17-8-12(9-1-2-9)10-3-4-10/h5-7,9-10,12H,1-4,8,16H2,(H,17,19). The largest absolute Gasteiger partial charge is 0.393 e. The molecule has 0 saturated heterocycles. The monoisotopic (exact) mass is 289 g/mol. The molecule has 6 heteroatoms. The molecule has 0 aromatic heterocycles. The second kappa shape index (κ2) is 5.35. The molecule has 3 rings (SSSR count). The number of rotatable bonds is 6. The van der Waals surface area contributed by atoms with Crippen LogP contribution in [0, 0.1) is 27.9 Å². The van der Waals surface area contributed by atoms with Crippen molar-refractivity contribution in [1.82, 2.24) is 5.32 Å². The first-order valence-corrected chi connectivity index (χ1v) is 7.38. The van der Waals surface area contributed by atoms with Crippen LogP contribution in [0.15, 0.2) is 18.2 Å². The van der Waals surface area contributed by atoms with Crippen LogP contribution in [-0.2, 0) is 0 Å². The lowest BCUT2D eigenvalue weighted by Crippen LogP contribution is -2.31. The fourth-order valence-corrected chi connectivity index (χ4v) is 2.94. The van der Waals surface area contributed by atoms with Crippen LogP contribution in [0.4, 0.5) is 11.4 Å². The molecular weight excluding hydrogens is 270 g/mol. The molecule has 0 spiro atoms. The molecule has 6 nitrogen and oxygen atoms in total. The summed E-state index contributed by atoms with van der Waals surface area (Å²) in [6, 6.07) is 4.10. The summed E-state index contributed by atoms with van der Waals surface area (Å²) >= 11 is 0. The van der Waals surface area contributed by atoms with Gasteiger partial charge in [0.05, 0.1) is 4.92 Å². The quantitative estimate of drug-likeness (QED) is 0.477. The minimum Gasteiger partial charge on any atom is -0.393 e. The van der Waals surface area contributed by atoms with E-state index in [4.69, 9.17) is 5.73 Å². The van der Waals surface area contributed by atoms with E-state index in [1.54, 1.807) is 0 Å². The SMILES string of the molecule is Nc1cc(C(=O)NCC(C2CC2)C2CC2)ccc1[N+](=O)[O-]. The van der Waals surface area contributed by atoms with Gasteiger partial charge >= 0.3 is 0 Å². The highest BCUT2D eigenvalue weighted by atomic mass is 16.6. The number of anilines is 1. The van der Waals surface area contributed by atoms with Crippen molar-refractivity contribution in [2.45, 2.75) is 25.7 Å². The van der Waals surface area contributed by atoms with Gasteiger partial charge in [0.1, 0.15) is 5.69 Å². The van der Waals surface area contributed by atoms with Gasteiger partial charge in [-0.05, 0) is 55.6 Å². The first kappa shape index (κ1) is 13.9. The number of nitrogen functional groups attached to an aromatic ring is 1. The molecule has 0 atom stereocenters. The average Bonchev–Trinajstić information content (AvgIpc) is 3.31. The number of nitro benzene ring substituents is 1. The number of hydrogen-bond donors (Lipinski definition) is 2. The second-order valence-electron chi connectivity index (χ2n) is 6.08. The summed E-state index contributed by atoms with van der Waals surface area (Å²) in [7, 11) is 0. The lowest BCUT2D eigenvalue weighted by Gasteiger charge is -2.16. The lowest BCUT2D eigenvalue weighted by molar-refractivity contribution is -0.383. The number of hydrogen-bond acceptors (Lipinski definition) is 4. The first-order chi connectivity index (χ1) is 10.1. The summed E-state index contributed by atoms with van der Waals surface area (Å²) in [4.78, 5) is 22.3. The maximum atomic E-state index is 12.1. The van der Waals surface area contributed by atoms with Crippen molar-refractivity contribution in [2.24, 2.45) is 17.8 Å². The minimum absolute atomic E-state index is 0.0218. The van der Waals surface area contributed by atoms with E-state index in [2.05, 4.69) is 5.32 Å². The molecule has 0 bridgehead atoms. The van der Waals surface area contributed by atoms with Crippen molar-refractivity contribution >= 4 is 17.3 Å². The zero-order valence-corrected chi connectivity index (χ0v) is 11.7. The van der Waals surface area contributed by atoms with Gasteiger partial charge in [0.15, 0.2) is 0 Å². The maximum absolute atomic E-state index is 12.1. The third-order valence-corrected chi connectivity index (χ3v) is 4.44. The first-order valence-electron chi connectivity index (χ1n) is 7.38. The topological polar surface area (TPSA) is 98.3 Å². The highest BCUT2D eigenvalue weighted by Gasteiger charge is 2.41. The second-order valence-corrected chi connectivity index (χ2v) is 6.08. The molecule has 1 aromatic rings. The molecule has 112 valence electrons. The van der Waals surface area contributed by atoms with Crippen molar-refractivity contribution in [1.29, 1.82) is 0 Å². The van der Waals surface area contributed by atoms with Crippen molar-refractivity contribution in [3.05, 3.63) is 33.9 Å². The predicted molar refractivity (Wildman–Crippen MR) is 78.8 cm³/mol. The Morgan fingerprint density at radius 2 is 1.95 bits per heavy atom. The Morgan fingerprint density at radius 1 is 1.33 bits per heavy atom. The highest BCUT2D eigenvalue weighted by Crippen LogP contribution is 2.48. The molecule has 0 unspecified atom stereocenters. The van der Waals surface area contributed by atoms with E-state index in [-0.39, 0.29) is 17.3 Å². The summed E-state index contributed by atoms with van der Waals surface area (Å²) in [5.41, 5.74) is 5.84. The Balaban J connectivity index is 1.62. The molecule has 0 aliphatic heterocycles. The molecule has 0 heterocycles. The van der Waals surface area contributed by atoms with Crippen LogP contribution in [0.25, 0.3) is 0 Å². The van der Waals surface area contributed by atoms with Gasteiger partial charge in [0.25, 0.3) is 11.6 Å². The van der Waals surface area contributed by atoms with Crippen LogP contribution >= 0.6 is 0 Å². The molecule has 0 radical (unpaired) electrons. The molecule has 2 fully saturated rings. The number of carbonyl (C=O) groups is 1. The van der Waals surface area contributed by atoms with E-state index < -0.39 is 4.92 Å². The van der Waals surface area contributed by atoms with Gasteiger partial charge in [-0.1, -0.05) is 0 Å². The normalized spacial score (nSPS) is 17.8. The summed E-state index contributed by atoms with van der Waals surface area (Å²) in [6.07, 6.45) is 5.12. The Labute approximate surface area is 122 Å². The van der Waals surface area contributed by atoms with Crippen molar-refractivity contribution < 1.29 is 9.72 Å². The summed E-state index contributed by atoms with van der Waals surface area (Å²) in [5, 5.41) is 13.7. The Morgan fingerprint density at radius 3 is 2.43 bits per heavy atom. The molecule has 1 aromatic carbocycles. The number of nitrogens with two attached hydrogens (primary N) is 1. The van der Waals surface area contributed by atoms with E-state index in [1.165, 1.54) is 43.9 Å². The van der Waals surface area contributed by atoms with Crippen molar-refractivity contribution in [3.8, 4) is 0 Å². The minimum atomic E-state index is -0.548. The molecule has 2 saturated carbocycles. The van der Waals surface area contributed by atoms with E-state index in [0.29, 0.717) is 18.0 Å². The summed E-state index contributed by atoms with van der Waals surface area (Å²) in [6.45, 7) is 0.699. The molecular formula is C15H19N3O3. The average molecular weight is 289 g/mol. The third-order valence-electron chi connectivity index (χ3n) is 4.44. The van der Waals surface area contributed by atoms with Crippen LogP contribution < -0.4 is 11.1 Å². The third kappa shape index (κ3) is 3.15. The van der Waals surface area contributed by atoms with E-state index in [1.807, 2.05) is 0 Å². The predicted octanol–water partition coefficient (Wildman–Crippen LogP) is 2.34. The highest BCUT2D eigenvalue weighted by molar-refractivity contribution is 5.95. The summed E-state index contributed by atoms with van der Waals surface area (Å²) in [5.74, 6) is 1.95. The Hall–Kier alpha value is -2.11. The van der Waals surface area contributed by atoms with Crippen molar-refractivity contribution in [3.63, 3.8) is 0 Å². The van der Waals surface area contributed by atoms with Crippen LogP contribution in [-0.4, -0.2) is 17.4 Å². The van der Waals surface area contributed by atoms with Gasteiger partial charge in [-0.25, -0.2) is 0 Å². The van der Waals surface area contributed by atoms with Crippen molar-refractivity contribution in [2.75, 3.05) is 12.3 Å². The van der Waals surface area contributed by atoms with Crippen LogP contribution in [0.3, 0.4) is 0 Å².